The number of unbranched alkanes of at least 4 members (excludes halogenated alkanes) is 1. The second kappa shape index (κ2) is 13.1. The molecule has 0 bridgehead atoms. The average Bonchev–Trinajstić information content (AvgIpc) is 3.02. The molecule has 5 heteroatoms. The van der Waals surface area contributed by atoms with E-state index in [1.54, 1.807) is 5.19 Å². The summed E-state index contributed by atoms with van der Waals surface area (Å²) in [6, 6.07) is 13.1. The standard InChI is InChI=1S/C24H33Si.3ClH.Ti/c1-3-4-18-25(2,19-12-6-5-7-13-19)24-22-16-10-8-14-20(22)21-15-9-11-17-23(21)24;;;;/h5-8,10,12-14,16-17,20-24H,3-4,9,11,15,18H2,1-2H3;3*1H;/q-1;;;;+4/p-3. The Balaban J connectivity index is 0.00000196. The third-order valence-corrected chi connectivity index (χ3v) is 12.7. The molecule has 6 atom stereocenters. The molecule has 0 N–H and O–H groups in total. The molecule has 3 aliphatic carbocycles. The quantitative estimate of drug-likeness (QED) is 0.300. The summed E-state index contributed by atoms with van der Waals surface area (Å²) >= 11 is 0. The average molecular weight is 504 g/mol. The van der Waals surface area contributed by atoms with Crippen LogP contribution in [0.2, 0.25) is 18.1 Å². The van der Waals surface area contributed by atoms with E-state index in [2.05, 4.69) is 74.5 Å². The number of rotatable bonds is 5. The minimum absolute atomic E-state index is 0. The molecule has 0 nitrogen and oxygen atoms in total. The van der Waals surface area contributed by atoms with Gasteiger partial charge in [-0.05, 0) is 11.8 Å². The fourth-order valence-corrected chi connectivity index (χ4v) is 11.8. The monoisotopic (exact) mass is 502 g/mol. The predicted molar refractivity (Wildman–Crippen MR) is 112 cm³/mol. The first-order valence-electron chi connectivity index (χ1n) is 10.5. The maximum Gasteiger partial charge on any atom is 4.00 e. The molecule has 0 aliphatic heterocycles. The molecule has 0 amide bonds. The second-order valence-corrected chi connectivity index (χ2v) is 13.3. The van der Waals surface area contributed by atoms with E-state index in [-0.39, 0.29) is 58.9 Å². The molecule has 0 saturated heterocycles. The Hall–Kier alpha value is 0.501. The molecule has 0 spiro atoms. The van der Waals surface area contributed by atoms with Crippen molar-refractivity contribution < 1.29 is 58.9 Å². The Morgan fingerprint density at radius 2 is 1.66 bits per heavy atom. The van der Waals surface area contributed by atoms with Gasteiger partial charge in [-0.2, -0.15) is 12.3 Å². The Bertz CT molecular complexity index is 651. The number of fused-ring (bicyclic) bond motifs is 3. The molecule has 3 aliphatic rings. The van der Waals surface area contributed by atoms with Crippen LogP contribution in [-0.2, 0) is 21.7 Å². The van der Waals surface area contributed by atoms with Crippen LogP contribution in [0.5, 0.6) is 0 Å². The van der Waals surface area contributed by atoms with Crippen molar-refractivity contribution in [2.24, 2.45) is 23.7 Å². The zero-order valence-electron chi connectivity index (χ0n) is 17.5. The zero-order chi connectivity index (χ0) is 17.3. The van der Waals surface area contributed by atoms with Crippen LogP contribution in [0.15, 0.2) is 54.6 Å². The van der Waals surface area contributed by atoms with Crippen molar-refractivity contribution in [3.8, 4) is 0 Å². The maximum atomic E-state index is 2.75. The molecule has 0 heterocycles. The zero-order valence-corrected chi connectivity index (χ0v) is 22.4. The molecule has 0 aromatic heterocycles. The van der Waals surface area contributed by atoms with Gasteiger partial charge in [-0.1, -0.05) is 116 Å². The van der Waals surface area contributed by atoms with Gasteiger partial charge in [-0.15, -0.1) is 0 Å². The van der Waals surface area contributed by atoms with Crippen LogP contribution in [0, 0.1) is 30.1 Å². The number of allylic oxidation sites excluding steroid dienone is 4. The van der Waals surface area contributed by atoms with Gasteiger partial charge in [-0.25, -0.2) is 0 Å². The first-order chi connectivity index (χ1) is 12.3. The van der Waals surface area contributed by atoms with Crippen molar-refractivity contribution in [1.82, 2.24) is 0 Å². The van der Waals surface area contributed by atoms with E-state index in [4.69, 9.17) is 0 Å². The minimum atomic E-state index is -1.55. The van der Waals surface area contributed by atoms with Gasteiger partial charge in [0.2, 0.25) is 0 Å². The third kappa shape index (κ3) is 5.65. The van der Waals surface area contributed by atoms with Gasteiger partial charge in [0.05, 0.1) is 8.07 Å². The summed E-state index contributed by atoms with van der Waals surface area (Å²) in [7, 11) is -1.55. The Morgan fingerprint density at radius 1 is 1.00 bits per heavy atom. The van der Waals surface area contributed by atoms with E-state index in [1.165, 1.54) is 38.1 Å². The van der Waals surface area contributed by atoms with Crippen LogP contribution in [-0.4, -0.2) is 8.07 Å². The van der Waals surface area contributed by atoms with E-state index in [9.17, 15) is 0 Å². The molecule has 2 fully saturated rings. The van der Waals surface area contributed by atoms with Gasteiger partial charge < -0.3 is 43.6 Å². The molecule has 29 heavy (non-hydrogen) atoms. The van der Waals surface area contributed by atoms with Crippen LogP contribution in [0.4, 0.5) is 0 Å². The van der Waals surface area contributed by atoms with Crippen molar-refractivity contribution in [2.45, 2.75) is 57.2 Å². The van der Waals surface area contributed by atoms with Gasteiger partial charge in [0.15, 0.2) is 0 Å². The number of hydrogen-bond acceptors (Lipinski definition) is 0. The van der Waals surface area contributed by atoms with Gasteiger partial charge in [0.1, 0.15) is 0 Å². The van der Waals surface area contributed by atoms with Crippen molar-refractivity contribution in [3.05, 3.63) is 61.1 Å². The Labute approximate surface area is 212 Å². The van der Waals surface area contributed by atoms with Crippen LogP contribution in [0.25, 0.3) is 0 Å². The van der Waals surface area contributed by atoms with Gasteiger partial charge in [0, 0.05) is 0 Å². The summed E-state index contributed by atoms with van der Waals surface area (Å²) in [4.78, 5) is 0. The number of halogens is 3. The minimum Gasteiger partial charge on any atom is -1.00 e. The topological polar surface area (TPSA) is 0 Å². The SMILES string of the molecule is CCCC[Si](C)(c1ccccc1)C1C2C=CC=CC2C2CCC[CH-]C21.[Cl-].[Cl-].[Cl-].[Ti+4]. The van der Waals surface area contributed by atoms with Gasteiger partial charge >= 0.3 is 21.7 Å². The third-order valence-electron chi connectivity index (χ3n) is 7.44. The predicted octanol–water partition coefficient (Wildman–Crippen LogP) is -2.86. The van der Waals surface area contributed by atoms with E-state index in [0.717, 1.165) is 29.2 Å². The van der Waals surface area contributed by atoms with Crippen LogP contribution in [0.3, 0.4) is 0 Å². The van der Waals surface area contributed by atoms with Crippen molar-refractivity contribution in [3.63, 3.8) is 0 Å². The molecular formula is C24H33Cl3SiTi. The van der Waals surface area contributed by atoms with E-state index in [1.807, 2.05) is 0 Å². The van der Waals surface area contributed by atoms with Crippen molar-refractivity contribution in [1.29, 1.82) is 0 Å². The summed E-state index contributed by atoms with van der Waals surface area (Å²) in [6.45, 7) is 5.08. The summed E-state index contributed by atoms with van der Waals surface area (Å²) in [5.74, 6) is 3.34. The molecule has 2 saturated carbocycles. The van der Waals surface area contributed by atoms with E-state index in [0.29, 0.717) is 0 Å². The van der Waals surface area contributed by atoms with Gasteiger partial charge in [-0.3, -0.25) is 0 Å². The molecule has 1 aromatic rings. The fraction of sp³-hybridized carbons (Fsp3) is 0.542. The van der Waals surface area contributed by atoms with Crippen LogP contribution >= 0.6 is 0 Å². The largest absolute Gasteiger partial charge is 4.00 e. The van der Waals surface area contributed by atoms with Crippen LogP contribution < -0.4 is 42.4 Å². The summed E-state index contributed by atoms with van der Waals surface area (Å²) in [5.41, 5.74) is 0.887. The smallest absolute Gasteiger partial charge is 1.00 e. The second-order valence-electron chi connectivity index (χ2n) is 8.75. The Morgan fingerprint density at radius 3 is 2.31 bits per heavy atom. The number of benzene rings is 1. The van der Waals surface area contributed by atoms with Gasteiger partial charge in [0.25, 0.3) is 0 Å². The van der Waals surface area contributed by atoms with Crippen molar-refractivity contribution in [2.75, 3.05) is 0 Å². The number of hydrogen-bond donors (Lipinski definition) is 0. The summed E-state index contributed by atoms with van der Waals surface area (Å²) in [5, 5.41) is 1.70. The maximum absolute atomic E-state index is 2.75. The molecule has 4 rings (SSSR count). The van der Waals surface area contributed by atoms with Crippen LogP contribution in [0.1, 0.15) is 39.0 Å². The molecule has 158 valence electrons. The van der Waals surface area contributed by atoms with E-state index >= 15 is 0 Å². The first-order valence-corrected chi connectivity index (χ1v) is 13.3. The molecule has 1 aromatic carbocycles. The molecule has 0 radical (unpaired) electrons. The normalized spacial score (nSPS) is 30.9. The molecule has 6 unspecified atom stereocenters. The van der Waals surface area contributed by atoms with E-state index < -0.39 is 8.07 Å². The van der Waals surface area contributed by atoms with Crippen molar-refractivity contribution >= 4 is 13.3 Å². The Kier molecular flexibility index (Phi) is 13.4. The first kappa shape index (κ1) is 29.5. The summed E-state index contributed by atoms with van der Waals surface area (Å²) < 4.78 is 0. The molecular weight excluding hydrogens is 471 g/mol. The fourth-order valence-electron chi connectivity index (χ4n) is 6.29. The summed E-state index contributed by atoms with van der Waals surface area (Å²) in [6.07, 6.45) is 19.5.